The fourth-order valence-electron chi connectivity index (χ4n) is 2.09. The first-order chi connectivity index (χ1) is 8.63. The van der Waals surface area contributed by atoms with Crippen molar-refractivity contribution in [2.75, 3.05) is 26.7 Å². The lowest BCUT2D eigenvalue weighted by atomic mass is 10.1. The summed E-state index contributed by atoms with van der Waals surface area (Å²) in [6, 6.07) is 5.67. The van der Waals surface area contributed by atoms with E-state index in [1.54, 1.807) is 13.2 Å². The molecule has 1 aromatic rings. The summed E-state index contributed by atoms with van der Waals surface area (Å²) >= 11 is 3.43. The molecule has 1 heterocycles. The van der Waals surface area contributed by atoms with Gasteiger partial charge in [-0.15, -0.1) is 12.4 Å². The normalized spacial score (nSPS) is 18.7. The number of nitrogens with zero attached hydrogens (tertiary/aromatic N) is 1. The number of methoxy groups -OCH3 is 1. The largest absolute Gasteiger partial charge is 0.497 e. The molecule has 106 valence electrons. The molecule has 2 rings (SSSR count). The van der Waals surface area contributed by atoms with Crippen LogP contribution in [-0.4, -0.2) is 43.6 Å². The lowest BCUT2D eigenvalue weighted by molar-refractivity contribution is 0.0654. The van der Waals surface area contributed by atoms with Crippen molar-refractivity contribution in [3.05, 3.63) is 28.2 Å². The summed E-state index contributed by atoms with van der Waals surface area (Å²) in [6.07, 6.45) is 0. The van der Waals surface area contributed by atoms with Gasteiger partial charge in [0.05, 0.1) is 12.7 Å². The summed E-state index contributed by atoms with van der Waals surface area (Å²) in [4.78, 5) is 14.4. The highest BCUT2D eigenvalue weighted by Gasteiger charge is 2.25. The molecule has 4 nitrogen and oxygen atoms in total. The Kier molecular flexibility index (Phi) is 6.10. The van der Waals surface area contributed by atoms with Gasteiger partial charge >= 0.3 is 0 Å². The van der Waals surface area contributed by atoms with E-state index in [1.165, 1.54) is 0 Å². The molecule has 1 aliphatic heterocycles. The van der Waals surface area contributed by atoms with Crippen LogP contribution in [0.1, 0.15) is 17.3 Å². The van der Waals surface area contributed by atoms with Crippen LogP contribution in [0.5, 0.6) is 5.75 Å². The molecule has 0 bridgehead atoms. The number of ether oxygens (including phenoxy) is 1. The number of amides is 1. The Morgan fingerprint density at radius 2 is 2.26 bits per heavy atom. The summed E-state index contributed by atoms with van der Waals surface area (Å²) < 4.78 is 5.97. The highest BCUT2D eigenvalue weighted by Crippen LogP contribution is 2.24. The second kappa shape index (κ2) is 7.12. The predicted octanol–water partition coefficient (Wildman–Crippen LogP) is 2.31. The van der Waals surface area contributed by atoms with Crippen molar-refractivity contribution in [2.45, 2.75) is 13.0 Å². The third-order valence-corrected chi connectivity index (χ3v) is 3.86. The third-order valence-electron chi connectivity index (χ3n) is 3.17. The number of nitrogens with one attached hydrogen (secondary N) is 1. The molecule has 1 saturated heterocycles. The van der Waals surface area contributed by atoms with Crippen molar-refractivity contribution in [3.8, 4) is 5.75 Å². The lowest BCUT2D eigenvalue weighted by Crippen LogP contribution is -2.52. The topological polar surface area (TPSA) is 41.6 Å². The van der Waals surface area contributed by atoms with E-state index in [2.05, 4.69) is 28.2 Å². The molecule has 1 fully saturated rings. The van der Waals surface area contributed by atoms with Crippen LogP contribution >= 0.6 is 28.3 Å². The van der Waals surface area contributed by atoms with E-state index in [0.717, 1.165) is 24.1 Å². The number of halogens is 2. The zero-order chi connectivity index (χ0) is 13.1. The van der Waals surface area contributed by atoms with Crippen molar-refractivity contribution < 1.29 is 9.53 Å². The van der Waals surface area contributed by atoms with E-state index >= 15 is 0 Å². The summed E-state index contributed by atoms with van der Waals surface area (Å²) in [7, 11) is 1.60. The number of hydrogen-bond donors (Lipinski definition) is 1. The van der Waals surface area contributed by atoms with Gasteiger partial charge in [0.15, 0.2) is 0 Å². The van der Waals surface area contributed by atoms with Crippen LogP contribution in [0.3, 0.4) is 0 Å². The van der Waals surface area contributed by atoms with E-state index in [9.17, 15) is 4.79 Å². The molecule has 0 aromatic heterocycles. The van der Waals surface area contributed by atoms with E-state index in [4.69, 9.17) is 4.74 Å². The lowest BCUT2D eigenvalue weighted by Gasteiger charge is -2.34. The van der Waals surface area contributed by atoms with Gasteiger partial charge in [0.1, 0.15) is 5.75 Å². The summed E-state index contributed by atoms with van der Waals surface area (Å²) in [6.45, 7) is 4.48. The second-order valence-corrected chi connectivity index (χ2v) is 5.25. The van der Waals surface area contributed by atoms with Gasteiger partial charge in [0, 0.05) is 30.1 Å². The second-order valence-electron chi connectivity index (χ2n) is 4.40. The Bertz CT molecular complexity index is 456. The number of benzene rings is 1. The molecule has 0 spiro atoms. The number of carbonyl (C=O) groups is 1. The first kappa shape index (κ1) is 16.3. The molecule has 0 unspecified atom stereocenters. The summed E-state index contributed by atoms with van der Waals surface area (Å²) in [5, 5.41) is 3.28. The molecule has 1 N–H and O–H groups in total. The third kappa shape index (κ3) is 3.61. The van der Waals surface area contributed by atoms with Crippen molar-refractivity contribution in [1.29, 1.82) is 0 Å². The van der Waals surface area contributed by atoms with Crippen molar-refractivity contribution >= 4 is 34.2 Å². The monoisotopic (exact) mass is 348 g/mol. The maximum atomic E-state index is 12.5. The Balaban J connectivity index is 0.00000180. The Morgan fingerprint density at radius 3 is 2.89 bits per heavy atom. The van der Waals surface area contributed by atoms with Gasteiger partial charge in [-0.3, -0.25) is 4.79 Å². The molecule has 0 saturated carbocycles. The van der Waals surface area contributed by atoms with E-state index in [0.29, 0.717) is 11.3 Å². The van der Waals surface area contributed by atoms with Crippen molar-refractivity contribution in [3.63, 3.8) is 0 Å². The molecular formula is C13H18BrClN2O2. The van der Waals surface area contributed by atoms with E-state index < -0.39 is 0 Å². The van der Waals surface area contributed by atoms with Gasteiger partial charge in [0.2, 0.25) is 0 Å². The zero-order valence-corrected chi connectivity index (χ0v) is 13.4. The van der Waals surface area contributed by atoms with Crippen LogP contribution in [0.2, 0.25) is 0 Å². The molecule has 6 heteroatoms. The quantitative estimate of drug-likeness (QED) is 0.891. The SMILES string of the molecule is COc1ccc(Br)c(C(=O)N2CCNC[C@@H]2C)c1.Cl. The first-order valence-electron chi connectivity index (χ1n) is 5.98. The Labute approximate surface area is 128 Å². The molecule has 0 radical (unpaired) electrons. The zero-order valence-electron chi connectivity index (χ0n) is 11.0. The fraction of sp³-hybridized carbons (Fsp3) is 0.462. The molecule has 0 aliphatic carbocycles. The summed E-state index contributed by atoms with van der Waals surface area (Å²) in [5.41, 5.74) is 0.656. The van der Waals surface area contributed by atoms with Crippen LogP contribution in [-0.2, 0) is 0 Å². The average Bonchev–Trinajstić information content (AvgIpc) is 2.39. The number of piperazine rings is 1. The van der Waals surface area contributed by atoms with Gasteiger partial charge in [-0.2, -0.15) is 0 Å². The molecule has 1 amide bonds. The molecule has 1 atom stereocenters. The summed E-state index contributed by atoms with van der Waals surface area (Å²) in [5.74, 6) is 0.749. The van der Waals surface area contributed by atoms with E-state index in [-0.39, 0.29) is 24.4 Å². The average molecular weight is 350 g/mol. The van der Waals surface area contributed by atoms with Crippen molar-refractivity contribution in [1.82, 2.24) is 10.2 Å². The van der Waals surface area contributed by atoms with Crippen LogP contribution in [0, 0.1) is 0 Å². The predicted molar refractivity (Wildman–Crippen MR) is 81.3 cm³/mol. The minimum absolute atomic E-state index is 0. The minimum Gasteiger partial charge on any atom is -0.497 e. The van der Waals surface area contributed by atoms with Gasteiger partial charge in [-0.05, 0) is 41.1 Å². The van der Waals surface area contributed by atoms with Crippen LogP contribution in [0.4, 0.5) is 0 Å². The smallest absolute Gasteiger partial charge is 0.255 e. The molecule has 1 aliphatic rings. The molecule has 1 aromatic carbocycles. The van der Waals surface area contributed by atoms with Gasteiger partial charge in [-0.25, -0.2) is 0 Å². The Morgan fingerprint density at radius 1 is 1.53 bits per heavy atom. The first-order valence-corrected chi connectivity index (χ1v) is 6.78. The number of hydrogen-bond acceptors (Lipinski definition) is 3. The van der Waals surface area contributed by atoms with Gasteiger partial charge < -0.3 is 15.0 Å². The highest BCUT2D eigenvalue weighted by molar-refractivity contribution is 9.10. The standard InChI is InChI=1S/C13H17BrN2O2.ClH/c1-9-8-15-5-6-16(9)13(17)11-7-10(18-2)3-4-12(11)14;/h3-4,7,9,15H,5-6,8H2,1-2H3;1H/t9-;/m0./s1. The van der Waals surface area contributed by atoms with Crippen LogP contribution in [0.15, 0.2) is 22.7 Å². The highest BCUT2D eigenvalue weighted by atomic mass is 79.9. The maximum Gasteiger partial charge on any atom is 0.255 e. The van der Waals surface area contributed by atoms with Crippen LogP contribution in [0.25, 0.3) is 0 Å². The fourth-order valence-corrected chi connectivity index (χ4v) is 2.51. The van der Waals surface area contributed by atoms with Crippen molar-refractivity contribution in [2.24, 2.45) is 0 Å². The number of carbonyl (C=O) groups excluding carboxylic acids is 1. The Hall–Kier alpha value is -0.780. The van der Waals surface area contributed by atoms with Gasteiger partial charge in [-0.1, -0.05) is 0 Å². The maximum absolute atomic E-state index is 12.5. The van der Waals surface area contributed by atoms with E-state index in [1.807, 2.05) is 17.0 Å². The van der Waals surface area contributed by atoms with Crippen LogP contribution < -0.4 is 10.1 Å². The molecular weight excluding hydrogens is 332 g/mol. The molecule has 19 heavy (non-hydrogen) atoms. The van der Waals surface area contributed by atoms with Gasteiger partial charge in [0.25, 0.3) is 5.91 Å². The minimum atomic E-state index is 0. The number of rotatable bonds is 2.